The number of nitrogens with zero attached hydrogens (tertiary/aromatic N) is 2. The van der Waals surface area contributed by atoms with Crippen molar-refractivity contribution in [1.29, 1.82) is 0 Å². The highest BCUT2D eigenvalue weighted by atomic mass is 16.5. The molecule has 3 aromatic carbocycles. The maximum atomic E-state index is 6.41. The van der Waals surface area contributed by atoms with Crippen LogP contribution in [0.25, 0.3) is 0 Å². The summed E-state index contributed by atoms with van der Waals surface area (Å²) in [4.78, 5) is 5.08. The molecule has 0 radical (unpaired) electrons. The van der Waals surface area contributed by atoms with Gasteiger partial charge in [-0.25, -0.2) is 0 Å². The molecule has 0 N–H and O–H groups in total. The van der Waals surface area contributed by atoms with Gasteiger partial charge in [-0.15, -0.1) is 0 Å². The van der Waals surface area contributed by atoms with Gasteiger partial charge >= 0.3 is 0 Å². The Kier molecular flexibility index (Phi) is 4.86. The van der Waals surface area contributed by atoms with E-state index in [1.165, 1.54) is 22.4 Å². The Labute approximate surface area is 167 Å². The number of piperazine rings is 1. The van der Waals surface area contributed by atoms with E-state index in [0.29, 0.717) is 6.04 Å². The minimum atomic E-state index is 0.0410. The fourth-order valence-electron chi connectivity index (χ4n) is 4.56. The van der Waals surface area contributed by atoms with E-state index in [-0.39, 0.29) is 6.10 Å². The molecule has 2 atom stereocenters. The lowest BCUT2D eigenvalue weighted by Crippen LogP contribution is -2.49. The van der Waals surface area contributed by atoms with Crippen molar-refractivity contribution in [2.75, 3.05) is 37.7 Å². The third-order valence-electron chi connectivity index (χ3n) is 6.04. The monoisotopic (exact) mass is 370 g/mol. The van der Waals surface area contributed by atoms with Gasteiger partial charge in [-0.2, -0.15) is 0 Å². The van der Waals surface area contributed by atoms with E-state index in [1.807, 2.05) is 0 Å². The Morgan fingerprint density at radius 2 is 1.25 bits per heavy atom. The lowest BCUT2D eigenvalue weighted by atomic mass is 9.89. The Morgan fingerprint density at radius 1 is 0.643 bits per heavy atom. The summed E-state index contributed by atoms with van der Waals surface area (Å²) in [5, 5.41) is 0. The lowest BCUT2D eigenvalue weighted by molar-refractivity contribution is 0.00481. The summed E-state index contributed by atoms with van der Waals surface area (Å²) >= 11 is 0. The second-order valence-electron chi connectivity index (χ2n) is 7.63. The third kappa shape index (κ3) is 3.32. The number of hydrogen-bond donors (Lipinski definition) is 0. The Morgan fingerprint density at radius 3 is 1.96 bits per heavy atom. The molecule has 142 valence electrons. The average molecular weight is 370 g/mol. The zero-order valence-electron chi connectivity index (χ0n) is 16.1. The minimum Gasteiger partial charge on any atom is -0.369 e. The fraction of sp³-hybridized carbons (Fsp3) is 0.280. The predicted molar refractivity (Wildman–Crippen MR) is 114 cm³/mol. The van der Waals surface area contributed by atoms with Crippen molar-refractivity contribution in [2.24, 2.45) is 0 Å². The van der Waals surface area contributed by atoms with E-state index < -0.39 is 0 Å². The van der Waals surface area contributed by atoms with Gasteiger partial charge < -0.3 is 9.64 Å². The van der Waals surface area contributed by atoms with Gasteiger partial charge in [-0.1, -0.05) is 72.8 Å². The van der Waals surface area contributed by atoms with Crippen LogP contribution >= 0.6 is 0 Å². The quantitative estimate of drug-likeness (QED) is 0.666. The van der Waals surface area contributed by atoms with Crippen molar-refractivity contribution in [3.8, 4) is 0 Å². The van der Waals surface area contributed by atoms with Crippen LogP contribution in [-0.2, 0) is 4.74 Å². The van der Waals surface area contributed by atoms with Gasteiger partial charge in [0.25, 0.3) is 0 Å². The normalized spacial score (nSPS) is 22.6. The highest BCUT2D eigenvalue weighted by Gasteiger charge is 2.33. The van der Waals surface area contributed by atoms with Crippen LogP contribution in [0.2, 0.25) is 0 Å². The molecule has 0 aromatic heterocycles. The summed E-state index contributed by atoms with van der Waals surface area (Å²) in [5.74, 6) is 0. The first-order chi connectivity index (χ1) is 13.9. The van der Waals surface area contributed by atoms with E-state index in [1.54, 1.807) is 0 Å². The Balaban J connectivity index is 1.35. The summed E-state index contributed by atoms with van der Waals surface area (Å²) in [6, 6.07) is 30.5. The maximum absolute atomic E-state index is 6.41. The molecule has 0 bridgehead atoms. The van der Waals surface area contributed by atoms with Crippen molar-refractivity contribution in [3.63, 3.8) is 0 Å². The van der Waals surface area contributed by atoms with Gasteiger partial charge in [0.05, 0.1) is 12.6 Å². The summed E-state index contributed by atoms with van der Waals surface area (Å²) in [6.07, 6.45) is 0.0410. The largest absolute Gasteiger partial charge is 0.369 e. The molecule has 0 aliphatic carbocycles. The topological polar surface area (TPSA) is 15.7 Å². The lowest BCUT2D eigenvalue weighted by Gasteiger charge is -2.43. The second kappa shape index (κ2) is 7.78. The number of fused-ring (bicyclic) bond motifs is 1. The average Bonchev–Trinajstić information content (AvgIpc) is 2.80. The molecule has 2 aliphatic heterocycles. The van der Waals surface area contributed by atoms with Gasteiger partial charge in [-0.3, -0.25) is 4.90 Å². The molecule has 0 saturated carbocycles. The van der Waals surface area contributed by atoms with Crippen LogP contribution in [0.5, 0.6) is 0 Å². The van der Waals surface area contributed by atoms with Gasteiger partial charge in [0, 0.05) is 31.9 Å². The van der Waals surface area contributed by atoms with Crippen LogP contribution in [0.3, 0.4) is 0 Å². The molecule has 28 heavy (non-hydrogen) atoms. The van der Waals surface area contributed by atoms with Crippen LogP contribution < -0.4 is 4.90 Å². The van der Waals surface area contributed by atoms with E-state index in [2.05, 4.69) is 94.7 Å². The SMILES string of the molecule is c1ccc(C2OCC(N3CCN(c4ccccc4)CC3)c3ccccc32)cc1. The third-order valence-corrected chi connectivity index (χ3v) is 6.04. The predicted octanol–water partition coefficient (Wildman–Crippen LogP) is 4.67. The number of anilines is 1. The van der Waals surface area contributed by atoms with E-state index in [9.17, 15) is 0 Å². The molecule has 1 saturated heterocycles. The molecule has 5 rings (SSSR count). The molecule has 1 fully saturated rings. The van der Waals surface area contributed by atoms with E-state index >= 15 is 0 Å². The van der Waals surface area contributed by atoms with Crippen LogP contribution in [0, 0.1) is 0 Å². The van der Waals surface area contributed by atoms with Crippen LogP contribution in [0.4, 0.5) is 5.69 Å². The van der Waals surface area contributed by atoms with Crippen molar-refractivity contribution in [3.05, 3.63) is 102 Å². The number of para-hydroxylation sites is 1. The summed E-state index contributed by atoms with van der Waals surface area (Å²) < 4.78 is 6.41. The molecular formula is C25H26N2O. The summed E-state index contributed by atoms with van der Waals surface area (Å²) in [5.41, 5.74) is 5.31. The highest BCUT2D eigenvalue weighted by molar-refractivity contribution is 5.46. The van der Waals surface area contributed by atoms with Gasteiger partial charge in [-0.05, 0) is 28.8 Å². The number of benzene rings is 3. The van der Waals surface area contributed by atoms with Gasteiger partial charge in [0.15, 0.2) is 0 Å². The number of ether oxygens (including phenoxy) is 1. The van der Waals surface area contributed by atoms with Crippen molar-refractivity contribution < 1.29 is 4.74 Å². The Hall–Kier alpha value is -2.62. The standard InChI is InChI=1S/C25H26N2O/c1-3-9-20(10-4-1)25-23-14-8-7-13-22(23)24(19-28-25)27-17-15-26(16-18-27)21-11-5-2-6-12-21/h1-14,24-25H,15-19H2. The number of hydrogen-bond acceptors (Lipinski definition) is 3. The first-order valence-electron chi connectivity index (χ1n) is 10.2. The molecule has 3 aromatic rings. The molecule has 2 unspecified atom stereocenters. The van der Waals surface area contributed by atoms with Crippen LogP contribution in [-0.4, -0.2) is 37.7 Å². The first-order valence-corrected chi connectivity index (χ1v) is 10.2. The van der Waals surface area contributed by atoms with Crippen LogP contribution in [0.1, 0.15) is 28.8 Å². The highest BCUT2D eigenvalue weighted by Crippen LogP contribution is 2.39. The Bertz CT molecular complexity index is 904. The molecule has 0 spiro atoms. The van der Waals surface area contributed by atoms with Gasteiger partial charge in [0.2, 0.25) is 0 Å². The first kappa shape index (κ1) is 17.5. The van der Waals surface area contributed by atoms with Crippen molar-refractivity contribution >= 4 is 5.69 Å². The van der Waals surface area contributed by atoms with Crippen molar-refractivity contribution in [1.82, 2.24) is 4.90 Å². The number of rotatable bonds is 3. The zero-order valence-corrected chi connectivity index (χ0v) is 16.1. The maximum Gasteiger partial charge on any atom is 0.108 e. The van der Waals surface area contributed by atoms with E-state index in [0.717, 1.165) is 32.8 Å². The minimum absolute atomic E-state index is 0.0410. The smallest absolute Gasteiger partial charge is 0.108 e. The zero-order chi connectivity index (χ0) is 18.8. The van der Waals surface area contributed by atoms with Crippen LogP contribution in [0.15, 0.2) is 84.9 Å². The molecule has 2 heterocycles. The summed E-state index contributed by atoms with van der Waals surface area (Å²) in [7, 11) is 0. The van der Waals surface area contributed by atoms with Crippen molar-refractivity contribution in [2.45, 2.75) is 12.1 Å². The molecular weight excluding hydrogens is 344 g/mol. The summed E-state index contributed by atoms with van der Waals surface area (Å²) in [6.45, 7) is 5.00. The van der Waals surface area contributed by atoms with E-state index in [4.69, 9.17) is 4.74 Å². The molecule has 2 aliphatic rings. The molecule has 0 amide bonds. The van der Waals surface area contributed by atoms with Gasteiger partial charge in [0.1, 0.15) is 6.10 Å². The molecule has 3 nitrogen and oxygen atoms in total. The molecule has 3 heteroatoms. The fourth-order valence-corrected chi connectivity index (χ4v) is 4.56. The second-order valence-corrected chi connectivity index (χ2v) is 7.63.